The van der Waals surface area contributed by atoms with Gasteiger partial charge in [-0.25, -0.2) is 5.21 Å². The van der Waals surface area contributed by atoms with Gasteiger partial charge in [-0.05, 0) is 0 Å². The fourth-order valence-electron chi connectivity index (χ4n) is 0.174. The van der Waals surface area contributed by atoms with Gasteiger partial charge in [0.15, 0.2) is 5.02 Å². The van der Waals surface area contributed by atoms with Crippen molar-refractivity contribution in [2.75, 3.05) is 13.7 Å². The molecule has 0 amide bonds. The first-order valence-corrected chi connectivity index (χ1v) is 2.12. The van der Waals surface area contributed by atoms with Gasteiger partial charge in [0.1, 0.15) is 0 Å². The maximum absolute atomic E-state index is 10.1. The van der Waals surface area contributed by atoms with Crippen molar-refractivity contribution in [1.29, 1.82) is 0 Å². The Morgan fingerprint density at radius 3 is 3.00 bits per heavy atom. The molecule has 0 saturated heterocycles. The van der Waals surface area contributed by atoms with Crippen LogP contribution in [0.25, 0.3) is 0 Å². The first-order valence-electron chi connectivity index (χ1n) is 2.12. The van der Waals surface area contributed by atoms with Crippen LogP contribution in [0, 0.1) is 5.21 Å². The molecule has 0 aromatic carbocycles. The molecule has 0 radical (unpaired) electrons. The highest BCUT2D eigenvalue weighted by Gasteiger charge is 1.83. The van der Waals surface area contributed by atoms with Crippen molar-refractivity contribution in [3.8, 4) is 0 Å². The predicted octanol–water partition coefficient (Wildman–Crippen LogP) is 0.696. The van der Waals surface area contributed by atoms with Crippen LogP contribution < -0.4 is 0 Å². The summed E-state index contributed by atoms with van der Waals surface area (Å²) < 4.78 is 0. The maximum atomic E-state index is 10.1. The van der Waals surface area contributed by atoms with E-state index in [1.54, 1.807) is 0 Å². The smallest absolute Gasteiger partial charge is 0.168 e. The lowest BCUT2D eigenvalue weighted by Crippen LogP contribution is -2.00. The molecule has 0 aromatic heterocycles. The molecule has 0 heterocycles. The largest absolute Gasteiger partial charge is 0.376 e. The summed E-state index contributed by atoms with van der Waals surface area (Å²) in [5.41, 5.74) is 0. The summed E-state index contributed by atoms with van der Waals surface area (Å²) in [5.74, 6) is 0. The Kier molecular flexibility index (Phi) is 3.56. The Hall–Kier alpha value is -1.06. The van der Waals surface area contributed by atoms with Crippen molar-refractivity contribution < 1.29 is 9.86 Å². The lowest BCUT2D eigenvalue weighted by molar-refractivity contribution is -0.787. The van der Waals surface area contributed by atoms with Crippen LogP contribution in [0.1, 0.15) is 0 Å². The molecule has 0 bridgehead atoms. The number of nitrogens with zero attached hydrogens (tertiary/aromatic N) is 2. The van der Waals surface area contributed by atoms with Gasteiger partial charge in [-0.3, -0.25) is 0 Å². The third-order valence-electron chi connectivity index (χ3n) is 0.466. The third-order valence-corrected chi connectivity index (χ3v) is 0.466. The standard InChI is InChI=1S/C4H8N2O2/c1-3-4-8-6(7)5-2/h3H,1,4H2,2H3. The lowest BCUT2D eigenvalue weighted by Gasteiger charge is -1.94. The summed E-state index contributed by atoms with van der Waals surface area (Å²) in [4.78, 5) is 4.33. The van der Waals surface area contributed by atoms with Gasteiger partial charge in [-0.1, -0.05) is 6.08 Å². The van der Waals surface area contributed by atoms with Crippen molar-refractivity contribution in [3.05, 3.63) is 17.9 Å². The lowest BCUT2D eigenvalue weighted by atomic mass is 10.7. The second kappa shape index (κ2) is 4.11. The average molecular weight is 116 g/mol. The molecule has 4 heteroatoms. The van der Waals surface area contributed by atoms with Gasteiger partial charge < -0.3 is 4.84 Å². The second-order valence-corrected chi connectivity index (χ2v) is 1.02. The molecule has 0 atom stereocenters. The van der Waals surface area contributed by atoms with Crippen LogP contribution in [0.15, 0.2) is 17.8 Å². The molecule has 0 fully saturated rings. The van der Waals surface area contributed by atoms with Crippen LogP contribution in [-0.2, 0) is 4.84 Å². The van der Waals surface area contributed by atoms with Crippen LogP contribution in [0.3, 0.4) is 0 Å². The molecule has 0 saturated carbocycles. The zero-order valence-electron chi connectivity index (χ0n) is 4.70. The highest BCUT2D eigenvalue weighted by molar-refractivity contribution is 4.61. The zero-order valence-corrected chi connectivity index (χ0v) is 4.70. The first kappa shape index (κ1) is 6.94. The molecule has 0 spiro atoms. The van der Waals surface area contributed by atoms with Crippen LogP contribution in [0.4, 0.5) is 0 Å². The van der Waals surface area contributed by atoms with Gasteiger partial charge in [0, 0.05) is 5.11 Å². The van der Waals surface area contributed by atoms with E-state index in [1.807, 2.05) is 0 Å². The zero-order chi connectivity index (χ0) is 6.41. The highest BCUT2D eigenvalue weighted by atomic mass is 16.9. The highest BCUT2D eigenvalue weighted by Crippen LogP contribution is 1.75. The van der Waals surface area contributed by atoms with Crippen molar-refractivity contribution >= 4 is 0 Å². The van der Waals surface area contributed by atoms with Crippen LogP contribution in [-0.4, -0.2) is 18.7 Å². The quantitative estimate of drug-likeness (QED) is 0.309. The number of rotatable bonds is 3. The summed E-state index contributed by atoms with van der Waals surface area (Å²) >= 11 is 0. The Bertz CT molecular complexity index is 100. The Morgan fingerprint density at radius 1 is 2.00 bits per heavy atom. The Balaban J connectivity index is 3.24. The summed E-state index contributed by atoms with van der Waals surface area (Å²) in [7, 11) is 1.34. The van der Waals surface area contributed by atoms with Crippen molar-refractivity contribution in [2.24, 2.45) is 5.11 Å². The van der Waals surface area contributed by atoms with Crippen LogP contribution in [0.5, 0.6) is 0 Å². The summed E-state index contributed by atoms with van der Waals surface area (Å²) in [6.07, 6.45) is 1.47. The summed E-state index contributed by atoms with van der Waals surface area (Å²) in [6, 6.07) is 0. The predicted molar refractivity (Wildman–Crippen MR) is 28.1 cm³/mol. The van der Waals surface area contributed by atoms with Gasteiger partial charge in [-0.15, -0.1) is 6.58 Å². The fraction of sp³-hybridized carbons (Fsp3) is 0.500. The maximum Gasteiger partial charge on any atom is 0.168 e. The molecular formula is C4H8N2O2. The van der Waals surface area contributed by atoms with Crippen molar-refractivity contribution in [3.63, 3.8) is 0 Å². The molecule has 0 rings (SSSR count). The van der Waals surface area contributed by atoms with Crippen LogP contribution >= 0.6 is 0 Å². The van der Waals surface area contributed by atoms with E-state index in [1.165, 1.54) is 13.1 Å². The molecular weight excluding hydrogens is 108 g/mol. The van der Waals surface area contributed by atoms with E-state index in [2.05, 4.69) is 16.5 Å². The minimum atomic E-state index is 0.141. The van der Waals surface area contributed by atoms with E-state index < -0.39 is 0 Å². The Morgan fingerprint density at radius 2 is 2.62 bits per heavy atom. The topological polar surface area (TPSA) is 47.7 Å². The molecule has 0 aliphatic heterocycles. The van der Waals surface area contributed by atoms with E-state index in [9.17, 15) is 5.21 Å². The minimum absolute atomic E-state index is 0.141. The van der Waals surface area contributed by atoms with Gasteiger partial charge in [0.05, 0.1) is 13.7 Å². The molecule has 0 aromatic rings. The first-order chi connectivity index (χ1) is 3.81. The molecule has 0 aliphatic rings. The Labute approximate surface area is 47.6 Å². The number of hydrogen-bond donors (Lipinski definition) is 0. The average Bonchev–Trinajstić information content (AvgIpc) is 1.83. The molecule has 0 unspecified atom stereocenters. The van der Waals surface area contributed by atoms with Crippen molar-refractivity contribution in [1.82, 2.24) is 0 Å². The van der Waals surface area contributed by atoms with Crippen molar-refractivity contribution in [2.45, 2.75) is 0 Å². The summed E-state index contributed by atoms with van der Waals surface area (Å²) in [6.45, 7) is 3.53. The monoisotopic (exact) mass is 116 g/mol. The minimum Gasteiger partial charge on any atom is -0.376 e. The SMILES string of the molecule is C=CCO[N+]([O-])=NC. The molecule has 0 aliphatic carbocycles. The van der Waals surface area contributed by atoms with E-state index in [4.69, 9.17) is 0 Å². The van der Waals surface area contributed by atoms with E-state index in [0.717, 1.165) is 0 Å². The van der Waals surface area contributed by atoms with Gasteiger partial charge in [0.25, 0.3) is 0 Å². The summed E-state index contributed by atoms with van der Waals surface area (Å²) in [5, 5.41) is 13.3. The fourth-order valence-corrected chi connectivity index (χ4v) is 0.174. The van der Waals surface area contributed by atoms with E-state index >= 15 is 0 Å². The van der Waals surface area contributed by atoms with E-state index in [-0.39, 0.29) is 11.6 Å². The second-order valence-electron chi connectivity index (χ2n) is 1.02. The van der Waals surface area contributed by atoms with E-state index in [0.29, 0.717) is 0 Å². The third kappa shape index (κ3) is 3.14. The molecule has 46 valence electrons. The normalized spacial score (nSPS) is 10.9. The number of hydrogen-bond acceptors (Lipinski definition) is 3. The van der Waals surface area contributed by atoms with Crippen LogP contribution in [0.2, 0.25) is 0 Å². The van der Waals surface area contributed by atoms with Gasteiger partial charge in [0.2, 0.25) is 0 Å². The molecule has 0 N–H and O–H groups in total. The van der Waals surface area contributed by atoms with Gasteiger partial charge in [-0.2, -0.15) is 0 Å². The molecule has 8 heavy (non-hydrogen) atoms. The van der Waals surface area contributed by atoms with Gasteiger partial charge >= 0.3 is 0 Å². The molecule has 4 nitrogen and oxygen atoms in total.